The maximum atomic E-state index is 6.31. The van der Waals surface area contributed by atoms with Crippen molar-refractivity contribution in [3.8, 4) is 0 Å². The standard InChI is InChI=1S/C16H21ClN4O2/c1-16(2)10-22-13(11-5-3-4-6-12(11)17)8-21(16)9-14-19-15(7-18)23-20-14/h3-6,13H,7-10,18H2,1-2H3. The number of benzene rings is 1. The Morgan fingerprint density at radius 2 is 2.17 bits per heavy atom. The fourth-order valence-electron chi connectivity index (χ4n) is 2.71. The molecule has 124 valence electrons. The van der Waals surface area contributed by atoms with E-state index < -0.39 is 0 Å². The molecular weight excluding hydrogens is 316 g/mol. The summed E-state index contributed by atoms with van der Waals surface area (Å²) < 4.78 is 11.1. The van der Waals surface area contributed by atoms with Gasteiger partial charge >= 0.3 is 0 Å². The predicted octanol–water partition coefficient (Wildman–Crippen LogP) is 2.53. The van der Waals surface area contributed by atoms with E-state index in [0.29, 0.717) is 31.4 Å². The maximum Gasteiger partial charge on any atom is 0.240 e. The average Bonchev–Trinajstić information content (AvgIpc) is 2.98. The molecule has 23 heavy (non-hydrogen) atoms. The van der Waals surface area contributed by atoms with E-state index in [-0.39, 0.29) is 18.2 Å². The van der Waals surface area contributed by atoms with Crippen molar-refractivity contribution in [3.05, 3.63) is 46.6 Å². The third-order valence-corrected chi connectivity index (χ3v) is 4.49. The zero-order valence-corrected chi connectivity index (χ0v) is 14.1. The summed E-state index contributed by atoms with van der Waals surface area (Å²) >= 11 is 6.31. The van der Waals surface area contributed by atoms with Crippen LogP contribution in [0, 0.1) is 0 Å². The molecule has 1 fully saturated rings. The minimum Gasteiger partial charge on any atom is -0.370 e. The molecule has 0 saturated carbocycles. The van der Waals surface area contributed by atoms with Gasteiger partial charge in [0, 0.05) is 22.7 Å². The van der Waals surface area contributed by atoms with Gasteiger partial charge in [0.15, 0.2) is 5.82 Å². The Kier molecular flexibility index (Phi) is 4.68. The smallest absolute Gasteiger partial charge is 0.240 e. The molecule has 2 aromatic rings. The summed E-state index contributed by atoms with van der Waals surface area (Å²) in [6.45, 7) is 6.43. The van der Waals surface area contributed by atoms with Gasteiger partial charge < -0.3 is 15.0 Å². The second-order valence-electron chi connectivity index (χ2n) is 6.32. The van der Waals surface area contributed by atoms with Gasteiger partial charge in [0.2, 0.25) is 5.89 Å². The lowest BCUT2D eigenvalue weighted by Gasteiger charge is -2.45. The number of hydrogen-bond donors (Lipinski definition) is 1. The molecule has 2 heterocycles. The van der Waals surface area contributed by atoms with Crippen molar-refractivity contribution < 1.29 is 9.26 Å². The van der Waals surface area contributed by atoms with Gasteiger partial charge in [0.05, 0.1) is 25.8 Å². The number of aromatic nitrogens is 2. The van der Waals surface area contributed by atoms with E-state index >= 15 is 0 Å². The SMILES string of the molecule is CC1(C)COC(c2ccccc2Cl)CN1Cc1noc(CN)n1. The first-order valence-electron chi connectivity index (χ1n) is 7.62. The first-order valence-corrected chi connectivity index (χ1v) is 8.00. The molecule has 1 aliphatic rings. The lowest BCUT2D eigenvalue weighted by molar-refractivity contribution is -0.105. The lowest BCUT2D eigenvalue weighted by Crippen LogP contribution is -2.53. The Hall–Kier alpha value is -1.47. The number of rotatable bonds is 4. The number of nitrogens with zero attached hydrogens (tertiary/aromatic N) is 3. The summed E-state index contributed by atoms with van der Waals surface area (Å²) in [4.78, 5) is 6.58. The van der Waals surface area contributed by atoms with E-state index in [0.717, 1.165) is 10.6 Å². The fraction of sp³-hybridized carbons (Fsp3) is 0.500. The normalized spacial score (nSPS) is 21.5. The molecule has 0 spiro atoms. The molecule has 0 radical (unpaired) electrons. The monoisotopic (exact) mass is 336 g/mol. The summed E-state index contributed by atoms with van der Waals surface area (Å²) in [6.07, 6.45) is -0.0717. The average molecular weight is 337 g/mol. The molecule has 1 atom stereocenters. The highest BCUT2D eigenvalue weighted by atomic mass is 35.5. The summed E-state index contributed by atoms with van der Waals surface area (Å²) in [6, 6.07) is 7.78. The van der Waals surface area contributed by atoms with Crippen molar-refractivity contribution in [3.63, 3.8) is 0 Å². The van der Waals surface area contributed by atoms with Crippen LogP contribution < -0.4 is 5.73 Å². The Balaban J connectivity index is 1.78. The molecular formula is C16H21ClN4O2. The second-order valence-corrected chi connectivity index (χ2v) is 6.73. The van der Waals surface area contributed by atoms with E-state index in [4.69, 9.17) is 26.6 Å². The molecule has 1 aromatic carbocycles. The van der Waals surface area contributed by atoms with Gasteiger partial charge in [-0.25, -0.2) is 0 Å². The molecule has 0 bridgehead atoms. The van der Waals surface area contributed by atoms with Crippen molar-refractivity contribution in [2.75, 3.05) is 13.2 Å². The molecule has 1 saturated heterocycles. The third-order valence-electron chi connectivity index (χ3n) is 4.15. The van der Waals surface area contributed by atoms with Gasteiger partial charge in [-0.1, -0.05) is 35.0 Å². The van der Waals surface area contributed by atoms with Crippen LogP contribution in [0.3, 0.4) is 0 Å². The van der Waals surface area contributed by atoms with Gasteiger partial charge in [0.25, 0.3) is 0 Å². The van der Waals surface area contributed by atoms with Crippen molar-refractivity contribution >= 4 is 11.6 Å². The Bertz CT molecular complexity index is 674. The Morgan fingerprint density at radius 3 is 2.87 bits per heavy atom. The molecule has 7 heteroatoms. The Morgan fingerprint density at radius 1 is 1.39 bits per heavy atom. The van der Waals surface area contributed by atoms with E-state index in [9.17, 15) is 0 Å². The van der Waals surface area contributed by atoms with Crippen LogP contribution in [0.5, 0.6) is 0 Å². The number of nitrogens with two attached hydrogens (primary N) is 1. The highest BCUT2D eigenvalue weighted by Gasteiger charge is 2.36. The van der Waals surface area contributed by atoms with E-state index in [1.807, 2.05) is 24.3 Å². The van der Waals surface area contributed by atoms with Gasteiger partial charge in [-0.15, -0.1) is 0 Å². The third kappa shape index (κ3) is 3.55. The van der Waals surface area contributed by atoms with Gasteiger partial charge in [-0.05, 0) is 19.9 Å². The van der Waals surface area contributed by atoms with Crippen molar-refractivity contribution in [2.45, 2.75) is 38.6 Å². The highest BCUT2D eigenvalue weighted by Crippen LogP contribution is 2.34. The van der Waals surface area contributed by atoms with Crippen LogP contribution in [0.25, 0.3) is 0 Å². The number of hydrogen-bond acceptors (Lipinski definition) is 6. The van der Waals surface area contributed by atoms with Gasteiger partial charge in [-0.3, -0.25) is 4.90 Å². The topological polar surface area (TPSA) is 77.4 Å². The number of ether oxygens (including phenoxy) is 1. The molecule has 3 rings (SSSR count). The molecule has 1 aliphatic heterocycles. The van der Waals surface area contributed by atoms with Gasteiger partial charge in [-0.2, -0.15) is 4.98 Å². The van der Waals surface area contributed by atoms with Crippen LogP contribution in [0.15, 0.2) is 28.8 Å². The summed E-state index contributed by atoms with van der Waals surface area (Å²) in [5.41, 5.74) is 6.40. The van der Waals surface area contributed by atoms with Crippen LogP contribution >= 0.6 is 11.6 Å². The number of morpholine rings is 1. The number of halogens is 1. The maximum absolute atomic E-state index is 6.31. The van der Waals surface area contributed by atoms with Crippen molar-refractivity contribution in [2.24, 2.45) is 5.73 Å². The van der Waals surface area contributed by atoms with E-state index in [1.54, 1.807) is 0 Å². The van der Waals surface area contributed by atoms with Crippen LogP contribution in [-0.2, 0) is 17.8 Å². The second kappa shape index (κ2) is 6.57. The van der Waals surface area contributed by atoms with Gasteiger partial charge in [0.1, 0.15) is 0 Å². The first-order chi connectivity index (χ1) is 11.0. The van der Waals surface area contributed by atoms with Crippen molar-refractivity contribution in [1.82, 2.24) is 15.0 Å². The largest absolute Gasteiger partial charge is 0.370 e. The minimum atomic E-state index is -0.124. The first kappa shape index (κ1) is 16.4. The van der Waals surface area contributed by atoms with E-state index in [2.05, 4.69) is 28.9 Å². The van der Waals surface area contributed by atoms with Crippen LogP contribution in [-0.4, -0.2) is 33.7 Å². The zero-order valence-electron chi connectivity index (χ0n) is 13.3. The Labute approximate surface area is 140 Å². The molecule has 0 aliphatic carbocycles. The quantitative estimate of drug-likeness (QED) is 0.924. The molecule has 0 amide bonds. The lowest BCUT2D eigenvalue weighted by atomic mass is 9.98. The molecule has 6 nitrogen and oxygen atoms in total. The van der Waals surface area contributed by atoms with E-state index in [1.165, 1.54) is 0 Å². The van der Waals surface area contributed by atoms with Crippen LogP contribution in [0.4, 0.5) is 0 Å². The molecule has 1 aromatic heterocycles. The molecule has 2 N–H and O–H groups in total. The summed E-state index contributed by atoms with van der Waals surface area (Å²) in [5, 5.41) is 4.71. The fourth-order valence-corrected chi connectivity index (χ4v) is 2.96. The molecule has 1 unspecified atom stereocenters. The minimum absolute atomic E-state index is 0.0717. The summed E-state index contributed by atoms with van der Waals surface area (Å²) in [5.74, 6) is 1.09. The van der Waals surface area contributed by atoms with Crippen molar-refractivity contribution in [1.29, 1.82) is 0 Å². The summed E-state index contributed by atoms with van der Waals surface area (Å²) in [7, 11) is 0. The predicted molar refractivity (Wildman–Crippen MR) is 86.8 cm³/mol. The van der Waals surface area contributed by atoms with Crippen LogP contribution in [0.2, 0.25) is 5.02 Å². The zero-order chi connectivity index (χ0) is 16.4. The van der Waals surface area contributed by atoms with Crippen LogP contribution in [0.1, 0.15) is 37.2 Å². The highest BCUT2D eigenvalue weighted by molar-refractivity contribution is 6.31.